The molecule has 0 aliphatic carbocycles. The van der Waals surface area contributed by atoms with E-state index in [9.17, 15) is 4.79 Å². The minimum atomic E-state index is -0.209. The minimum absolute atomic E-state index is 0.209. The van der Waals surface area contributed by atoms with Gasteiger partial charge in [-0.05, 0) is 75.9 Å². The SMILES string of the molecule is CCn1nc(C)cc1C(=O)Nc1nc2cc(C)ccc2n1CCCCn1c(N)nc2cccc(C)c21.NC=O. The molecule has 11 nitrogen and oxygen atoms in total. The van der Waals surface area contributed by atoms with Crippen LogP contribution in [0.4, 0.5) is 11.9 Å². The lowest BCUT2D eigenvalue weighted by atomic mass is 10.2. The molecule has 204 valence electrons. The van der Waals surface area contributed by atoms with Crippen LogP contribution in [0.2, 0.25) is 0 Å². The number of nitrogen functional groups attached to an aromatic ring is 1. The molecule has 0 saturated heterocycles. The first-order valence-corrected chi connectivity index (χ1v) is 13.0. The van der Waals surface area contributed by atoms with Crippen molar-refractivity contribution in [3.05, 3.63) is 65.0 Å². The van der Waals surface area contributed by atoms with E-state index in [0.29, 0.717) is 30.7 Å². The van der Waals surface area contributed by atoms with Gasteiger partial charge in [-0.15, -0.1) is 0 Å². The summed E-state index contributed by atoms with van der Waals surface area (Å²) >= 11 is 0. The third-order valence-electron chi connectivity index (χ3n) is 6.57. The molecule has 2 amide bonds. The van der Waals surface area contributed by atoms with Gasteiger partial charge >= 0.3 is 0 Å². The molecule has 3 aromatic heterocycles. The van der Waals surface area contributed by atoms with Crippen molar-refractivity contribution in [1.29, 1.82) is 0 Å². The number of nitrogens with zero attached hydrogens (tertiary/aromatic N) is 6. The van der Waals surface area contributed by atoms with Crippen molar-refractivity contribution < 1.29 is 9.59 Å². The third-order valence-corrected chi connectivity index (χ3v) is 6.57. The predicted octanol–water partition coefficient (Wildman–Crippen LogP) is 3.94. The van der Waals surface area contributed by atoms with E-state index in [0.717, 1.165) is 52.7 Å². The Hall–Kier alpha value is -4.67. The van der Waals surface area contributed by atoms with Gasteiger partial charge in [-0.25, -0.2) is 9.97 Å². The van der Waals surface area contributed by atoms with Crippen molar-refractivity contribution in [3.8, 4) is 0 Å². The number of para-hydroxylation sites is 1. The van der Waals surface area contributed by atoms with Gasteiger partial charge in [0.2, 0.25) is 18.3 Å². The largest absolute Gasteiger partial charge is 0.372 e. The van der Waals surface area contributed by atoms with Gasteiger partial charge in [0.1, 0.15) is 5.69 Å². The molecule has 3 heterocycles. The predicted molar refractivity (Wildman–Crippen MR) is 153 cm³/mol. The maximum atomic E-state index is 13.1. The van der Waals surface area contributed by atoms with Crippen molar-refractivity contribution in [2.45, 2.75) is 60.2 Å². The van der Waals surface area contributed by atoms with Crippen LogP contribution >= 0.6 is 0 Å². The third kappa shape index (κ3) is 5.77. The highest BCUT2D eigenvalue weighted by molar-refractivity contribution is 6.03. The number of primary amides is 1. The van der Waals surface area contributed by atoms with Crippen LogP contribution < -0.4 is 16.8 Å². The maximum absolute atomic E-state index is 13.1. The van der Waals surface area contributed by atoms with Crippen LogP contribution in [0.3, 0.4) is 0 Å². The van der Waals surface area contributed by atoms with Crippen molar-refractivity contribution in [1.82, 2.24) is 28.9 Å². The monoisotopic (exact) mass is 529 g/mol. The Balaban J connectivity index is 0.00000112. The van der Waals surface area contributed by atoms with Crippen LogP contribution in [-0.4, -0.2) is 41.2 Å². The number of carbonyl (C=O) groups is 2. The number of nitrogens with two attached hydrogens (primary N) is 2. The van der Waals surface area contributed by atoms with Gasteiger partial charge in [0, 0.05) is 19.6 Å². The number of hydrogen-bond acceptors (Lipinski definition) is 6. The normalized spacial score (nSPS) is 11.0. The molecular formula is C28H35N9O2. The molecule has 5 N–H and O–H groups in total. The number of hydrogen-bond donors (Lipinski definition) is 3. The van der Waals surface area contributed by atoms with Crippen LogP contribution in [0.5, 0.6) is 0 Å². The molecule has 0 radical (unpaired) electrons. The highest BCUT2D eigenvalue weighted by atomic mass is 16.2. The smallest absolute Gasteiger partial charge is 0.276 e. The number of anilines is 2. The number of aryl methyl sites for hydroxylation is 6. The fourth-order valence-electron chi connectivity index (χ4n) is 4.85. The number of fused-ring (bicyclic) bond motifs is 2. The average Bonchev–Trinajstić information content (AvgIpc) is 3.54. The van der Waals surface area contributed by atoms with Crippen LogP contribution in [0.15, 0.2) is 42.5 Å². The Bertz CT molecular complexity index is 1630. The molecule has 11 heteroatoms. The van der Waals surface area contributed by atoms with Crippen molar-refractivity contribution in [2.24, 2.45) is 5.73 Å². The molecule has 0 bridgehead atoms. The molecule has 5 rings (SSSR count). The molecule has 2 aromatic carbocycles. The fraction of sp³-hybridized carbons (Fsp3) is 0.321. The quantitative estimate of drug-likeness (QED) is 0.204. The number of carbonyl (C=O) groups excluding carboxylic acids is 2. The first-order chi connectivity index (χ1) is 18.8. The highest BCUT2D eigenvalue weighted by Crippen LogP contribution is 2.24. The van der Waals surface area contributed by atoms with Gasteiger partial charge < -0.3 is 20.6 Å². The molecule has 0 saturated carbocycles. The van der Waals surface area contributed by atoms with E-state index in [1.807, 2.05) is 39.0 Å². The Labute approximate surface area is 226 Å². The summed E-state index contributed by atoms with van der Waals surface area (Å²) in [6.45, 7) is 10.1. The second-order valence-corrected chi connectivity index (χ2v) is 9.43. The number of amides is 2. The van der Waals surface area contributed by atoms with Crippen molar-refractivity contribution in [2.75, 3.05) is 11.1 Å². The van der Waals surface area contributed by atoms with Gasteiger partial charge in [0.15, 0.2) is 0 Å². The van der Waals surface area contributed by atoms with Gasteiger partial charge in [-0.3, -0.25) is 19.6 Å². The molecule has 0 fully saturated rings. The van der Waals surface area contributed by atoms with Gasteiger partial charge in [-0.1, -0.05) is 18.2 Å². The Morgan fingerprint density at radius 3 is 2.44 bits per heavy atom. The van der Waals surface area contributed by atoms with Crippen LogP contribution in [0.1, 0.15) is 47.1 Å². The summed E-state index contributed by atoms with van der Waals surface area (Å²) in [5.41, 5.74) is 17.9. The van der Waals surface area contributed by atoms with E-state index < -0.39 is 0 Å². The Morgan fingerprint density at radius 1 is 1.00 bits per heavy atom. The molecular weight excluding hydrogens is 494 g/mol. The zero-order valence-electron chi connectivity index (χ0n) is 22.8. The van der Waals surface area contributed by atoms with Gasteiger partial charge in [0.25, 0.3) is 5.91 Å². The summed E-state index contributed by atoms with van der Waals surface area (Å²) in [5.74, 6) is 0.878. The van der Waals surface area contributed by atoms with E-state index >= 15 is 0 Å². The van der Waals surface area contributed by atoms with Gasteiger partial charge in [-0.2, -0.15) is 5.10 Å². The second-order valence-electron chi connectivity index (χ2n) is 9.43. The summed E-state index contributed by atoms with van der Waals surface area (Å²) in [7, 11) is 0. The summed E-state index contributed by atoms with van der Waals surface area (Å²) < 4.78 is 5.90. The zero-order chi connectivity index (χ0) is 28.1. The lowest BCUT2D eigenvalue weighted by Crippen LogP contribution is -2.20. The van der Waals surface area contributed by atoms with Crippen LogP contribution in [-0.2, 0) is 24.4 Å². The van der Waals surface area contributed by atoms with E-state index in [1.54, 1.807) is 10.7 Å². The number of nitrogens with one attached hydrogen (secondary N) is 1. The first-order valence-electron chi connectivity index (χ1n) is 13.0. The Kier molecular flexibility index (Phi) is 8.28. The summed E-state index contributed by atoms with van der Waals surface area (Å²) in [5, 5.41) is 7.44. The Morgan fingerprint density at radius 2 is 1.72 bits per heavy atom. The van der Waals surface area contributed by atoms with E-state index in [1.165, 1.54) is 5.56 Å². The summed E-state index contributed by atoms with van der Waals surface area (Å²) in [6.07, 6.45) is 2.05. The molecule has 0 unspecified atom stereocenters. The molecule has 0 spiro atoms. The lowest BCUT2D eigenvalue weighted by molar-refractivity contribution is -0.106. The number of unbranched alkanes of at least 4 members (excludes halogenated alkanes) is 1. The number of imidazole rings is 2. The topological polar surface area (TPSA) is 152 Å². The summed E-state index contributed by atoms with van der Waals surface area (Å²) in [4.78, 5) is 31.0. The molecule has 0 atom stereocenters. The number of benzene rings is 2. The minimum Gasteiger partial charge on any atom is -0.372 e. The number of aromatic nitrogens is 6. The maximum Gasteiger partial charge on any atom is 0.276 e. The second kappa shape index (κ2) is 11.8. The fourth-order valence-corrected chi connectivity index (χ4v) is 4.85. The van der Waals surface area contributed by atoms with Crippen molar-refractivity contribution in [3.63, 3.8) is 0 Å². The first kappa shape index (κ1) is 27.4. The highest BCUT2D eigenvalue weighted by Gasteiger charge is 2.18. The molecule has 39 heavy (non-hydrogen) atoms. The summed E-state index contributed by atoms with van der Waals surface area (Å²) in [6, 6.07) is 14.1. The van der Waals surface area contributed by atoms with Crippen LogP contribution in [0, 0.1) is 20.8 Å². The van der Waals surface area contributed by atoms with Crippen LogP contribution in [0.25, 0.3) is 22.1 Å². The molecule has 0 aliphatic heterocycles. The van der Waals surface area contributed by atoms with E-state index in [2.05, 4.69) is 55.4 Å². The molecule has 5 aromatic rings. The average molecular weight is 530 g/mol. The zero-order valence-corrected chi connectivity index (χ0v) is 22.8. The van der Waals surface area contributed by atoms with E-state index in [-0.39, 0.29) is 12.3 Å². The van der Waals surface area contributed by atoms with Crippen molar-refractivity contribution >= 4 is 46.3 Å². The molecule has 0 aliphatic rings. The lowest BCUT2D eigenvalue weighted by Gasteiger charge is -2.12. The standard InChI is InChI=1S/C27H32N8O.CH3NO/c1-5-35-23(16-19(4)32-35)25(36)31-27-30-21-15-17(2)11-12-22(21)33(27)13-6-7-14-34-24-18(3)9-8-10-20(24)29-26(34)28;2-1-3/h8-12,15-16H,5-7,13-14H2,1-4H3,(H2,28,29)(H,30,31,36);1H,(H2,2,3). The number of rotatable bonds is 8. The van der Waals surface area contributed by atoms with E-state index in [4.69, 9.17) is 15.5 Å². The van der Waals surface area contributed by atoms with Gasteiger partial charge in [0.05, 0.1) is 27.8 Å².